The van der Waals surface area contributed by atoms with Crippen LogP contribution in [0, 0.1) is 18.3 Å². The van der Waals surface area contributed by atoms with Gasteiger partial charge in [-0.15, -0.1) is 0 Å². The summed E-state index contributed by atoms with van der Waals surface area (Å²) < 4.78 is 48.6. The number of aryl methyl sites for hydroxylation is 1. The molecule has 4 aromatic rings. The second-order valence-corrected chi connectivity index (χ2v) is 9.06. The Balaban J connectivity index is 1.91. The summed E-state index contributed by atoms with van der Waals surface area (Å²) in [5.41, 5.74) is 1.15. The second-order valence-electron chi connectivity index (χ2n) is 7.56. The summed E-state index contributed by atoms with van der Waals surface area (Å²) in [6, 6.07) is 14.3. The van der Waals surface area contributed by atoms with E-state index in [0.29, 0.717) is 11.3 Å². The van der Waals surface area contributed by atoms with Gasteiger partial charge >= 0.3 is 10.1 Å². The topological polar surface area (TPSA) is 167 Å². The van der Waals surface area contributed by atoms with Crippen molar-refractivity contribution in [2.75, 3.05) is 20.3 Å². The van der Waals surface area contributed by atoms with Crippen molar-refractivity contribution in [3.8, 4) is 46.5 Å². The predicted octanol–water partition coefficient (Wildman–Crippen LogP) is 3.05. The number of benzene rings is 1. The number of aliphatic hydroxyl groups excluding tert-OH is 1. The molecule has 38 heavy (non-hydrogen) atoms. The summed E-state index contributed by atoms with van der Waals surface area (Å²) in [7, 11) is -3.06. The van der Waals surface area contributed by atoms with Gasteiger partial charge in [-0.25, -0.2) is 9.97 Å². The molecule has 4 rings (SSSR count). The van der Waals surface area contributed by atoms with Crippen LogP contribution in [0.1, 0.15) is 11.3 Å². The van der Waals surface area contributed by atoms with Gasteiger partial charge in [0.1, 0.15) is 18.4 Å². The Morgan fingerprint density at radius 1 is 1.03 bits per heavy atom. The van der Waals surface area contributed by atoms with Crippen LogP contribution in [0.5, 0.6) is 29.0 Å². The Labute approximate surface area is 218 Å². The van der Waals surface area contributed by atoms with Crippen LogP contribution >= 0.6 is 0 Å². The number of hydrogen-bond acceptors (Lipinski definition) is 12. The molecule has 0 saturated carbocycles. The molecule has 0 atom stereocenters. The maximum Gasteiger partial charge on any atom is 0.358 e. The Morgan fingerprint density at radius 3 is 2.47 bits per heavy atom. The zero-order valence-corrected chi connectivity index (χ0v) is 21.0. The third kappa shape index (κ3) is 5.94. The monoisotopic (exact) mass is 535 g/mol. The summed E-state index contributed by atoms with van der Waals surface area (Å²) in [5.74, 6) is -0.583. The molecule has 0 fully saturated rings. The van der Waals surface area contributed by atoms with Crippen LogP contribution in [0.25, 0.3) is 11.4 Å². The predicted molar refractivity (Wildman–Crippen MR) is 132 cm³/mol. The van der Waals surface area contributed by atoms with E-state index in [0.717, 1.165) is 5.56 Å². The Hall–Kier alpha value is -4.80. The van der Waals surface area contributed by atoms with Crippen LogP contribution in [0.3, 0.4) is 0 Å². The van der Waals surface area contributed by atoms with Crippen molar-refractivity contribution in [2.24, 2.45) is 0 Å². The van der Waals surface area contributed by atoms with Crippen molar-refractivity contribution in [1.82, 2.24) is 19.9 Å². The van der Waals surface area contributed by atoms with Crippen molar-refractivity contribution in [1.29, 1.82) is 5.26 Å². The van der Waals surface area contributed by atoms with Crippen molar-refractivity contribution in [3.63, 3.8) is 0 Å². The number of aliphatic hydroxyl groups is 1. The molecule has 0 unspecified atom stereocenters. The van der Waals surface area contributed by atoms with Crippen LogP contribution in [0.2, 0.25) is 0 Å². The number of rotatable bonds is 10. The lowest BCUT2D eigenvalue weighted by Gasteiger charge is -2.17. The normalized spacial score (nSPS) is 10.9. The van der Waals surface area contributed by atoms with Crippen molar-refractivity contribution in [2.45, 2.75) is 11.9 Å². The van der Waals surface area contributed by atoms with E-state index in [1.807, 2.05) is 6.07 Å². The summed E-state index contributed by atoms with van der Waals surface area (Å²) in [5, 5.41) is 18.2. The molecule has 3 heterocycles. The second kappa shape index (κ2) is 11.5. The fraction of sp³-hybridized carbons (Fsp3) is 0.160. The van der Waals surface area contributed by atoms with Crippen LogP contribution < -0.4 is 18.4 Å². The molecule has 0 amide bonds. The first kappa shape index (κ1) is 26.3. The molecule has 0 spiro atoms. The summed E-state index contributed by atoms with van der Waals surface area (Å²) in [4.78, 5) is 16.5. The van der Waals surface area contributed by atoms with E-state index in [4.69, 9.17) is 18.4 Å². The van der Waals surface area contributed by atoms with Gasteiger partial charge in [0.15, 0.2) is 22.3 Å². The summed E-state index contributed by atoms with van der Waals surface area (Å²) >= 11 is 0. The maximum absolute atomic E-state index is 13.2. The Bertz CT molecular complexity index is 1590. The highest BCUT2D eigenvalue weighted by Crippen LogP contribution is 2.43. The fourth-order valence-corrected chi connectivity index (χ4v) is 3.94. The van der Waals surface area contributed by atoms with Crippen LogP contribution in [0.15, 0.2) is 66.0 Å². The molecule has 3 aromatic heterocycles. The van der Waals surface area contributed by atoms with Gasteiger partial charge < -0.3 is 23.5 Å². The van der Waals surface area contributed by atoms with Crippen LogP contribution in [-0.4, -0.2) is 53.8 Å². The van der Waals surface area contributed by atoms with Gasteiger partial charge in [0, 0.05) is 18.0 Å². The number of ether oxygens (including phenoxy) is 3. The van der Waals surface area contributed by atoms with E-state index in [1.54, 1.807) is 37.3 Å². The van der Waals surface area contributed by atoms with Crippen LogP contribution in [-0.2, 0) is 10.1 Å². The smallest absolute Gasteiger partial charge is 0.358 e. The number of nitrogens with zero attached hydrogens (tertiary/aromatic N) is 5. The highest BCUT2D eigenvalue weighted by atomic mass is 32.2. The van der Waals surface area contributed by atoms with Gasteiger partial charge in [-0.3, -0.25) is 0 Å². The summed E-state index contributed by atoms with van der Waals surface area (Å²) in [6.45, 7) is 1.18. The number of pyridine rings is 2. The lowest BCUT2D eigenvalue weighted by molar-refractivity contribution is 0.191. The SMILES string of the molecule is COc1ccccc1Oc1c(OCCO)nc(-c2ccnc(C#N)c2)nc1OS(=O)(=O)c1ccc(C)cn1. The van der Waals surface area contributed by atoms with E-state index in [2.05, 4.69) is 19.9 Å². The van der Waals surface area contributed by atoms with E-state index in [9.17, 15) is 18.8 Å². The number of hydrogen-bond donors (Lipinski definition) is 1. The highest BCUT2D eigenvalue weighted by molar-refractivity contribution is 7.87. The lowest BCUT2D eigenvalue weighted by atomic mass is 10.2. The largest absolute Gasteiger partial charge is 0.493 e. The third-order valence-corrected chi connectivity index (χ3v) is 6.01. The van der Waals surface area contributed by atoms with Crippen LogP contribution in [0.4, 0.5) is 0 Å². The molecule has 0 radical (unpaired) electrons. The molecule has 0 aliphatic carbocycles. The summed E-state index contributed by atoms with van der Waals surface area (Å²) in [6.07, 6.45) is 2.75. The Kier molecular flexibility index (Phi) is 7.95. The Morgan fingerprint density at radius 2 is 1.79 bits per heavy atom. The van der Waals surface area contributed by atoms with Gasteiger partial charge in [-0.05, 0) is 42.8 Å². The standard InChI is InChI=1S/C25H21N5O7S/c1-16-7-8-21(28-15-16)38(32,33)37-25-22(36-20-6-4-3-5-19(20)34-2)24(35-12-11-31)29-23(30-25)17-9-10-27-18(13-17)14-26/h3-10,13,15,31H,11-12H2,1-2H3. The molecule has 1 aromatic carbocycles. The van der Waals surface area contributed by atoms with Crippen molar-refractivity contribution >= 4 is 10.1 Å². The van der Waals surface area contributed by atoms with Gasteiger partial charge in [-0.1, -0.05) is 18.2 Å². The van der Waals surface area contributed by atoms with E-state index >= 15 is 0 Å². The molecule has 1 N–H and O–H groups in total. The van der Waals surface area contributed by atoms with Gasteiger partial charge in [0.2, 0.25) is 0 Å². The number of nitriles is 1. The molecular formula is C25H21N5O7S. The molecule has 0 aliphatic rings. The van der Waals surface area contributed by atoms with Crippen molar-refractivity contribution in [3.05, 3.63) is 72.2 Å². The van der Waals surface area contributed by atoms with E-state index < -0.39 is 16.0 Å². The zero-order valence-electron chi connectivity index (χ0n) is 20.2. The first-order valence-electron chi connectivity index (χ1n) is 11.0. The third-order valence-electron chi connectivity index (χ3n) is 4.88. The molecule has 194 valence electrons. The molecule has 0 saturated heterocycles. The fourth-order valence-electron chi connectivity index (χ4n) is 3.12. The average molecular weight is 536 g/mol. The molecule has 12 nitrogen and oxygen atoms in total. The quantitative estimate of drug-likeness (QED) is 0.295. The minimum Gasteiger partial charge on any atom is -0.493 e. The number of aromatic nitrogens is 4. The number of methoxy groups -OCH3 is 1. The van der Waals surface area contributed by atoms with E-state index in [1.165, 1.54) is 37.7 Å². The zero-order chi connectivity index (χ0) is 27.1. The van der Waals surface area contributed by atoms with Gasteiger partial charge in [0.25, 0.3) is 17.5 Å². The minimum atomic E-state index is -4.49. The van der Waals surface area contributed by atoms with Crippen molar-refractivity contribution < 1.29 is 31.9 Å². The lowest BCUT2D eigenvalue weighted by Crippen LogP contribution is -2.15. The molecular weight excluding hydrogens is 514 g/mol. The molecule has 0 aliphatic heterocycles. The van der Waals surface area contributed by atoms with Gasteiger partial charge in [0.05, 0.1) is 13.7 Å². The maximum atomic E-state index is 13.2. The molecule has 13 heteroatoms. The first-order chi connectivity index (χ1) is 18.3. The van der Waals surface area contributed by atoms with E-state index in [-0.39, 0.29) is 47.1 Å². The number of para-hydroxylation sites is 2. The highest BCUT2D eigenvalue weighted by Gasteiger charge is 2.28. The first-order valence-corrected chi connectivity index (χ1v) is 12.5. The average Bonchev–Trinajstić information content (AvgIpc) is 2.93. The van der Waals surface area contributed by atoms with Gasteiger partial charge in [-0.2, -0.15) is 23.6 Å². The minimum absolute atomic E-state index is 0.0497. The molecule has 0 bridgehead atoms.